The van der Waals surface area contributed by atoms with Crippen LogP contribution < -0.4 is 0 Å². The van der Waals surface area contributed by atoms with Gasteiger partial charge in [0.15, 0.2) is 0 Å². The van der Waals surface area contributed by atoms with Crippen LogP contribution in [0.5, 0.6) is 5.75 Å². The normalized spacial score (nSPS) is 11.2. The lowest BCUT2D eigenvalue weighted by Crippen LogP contribution is -1.88. The molecule has 1 aromatic heterocycles. The van der Waals surface area contributed by atoms with Gasteiger partial charge in [-0.25, -0.2) is 0 Å². The van der Waals surface area contributed by atoms with Crippen molar-refractivity contribution in [1.82, 2.24) is 4.37 Å². The van der Waals surface area contributed by atoms with Crippen LogP contribution in [0.1, 0.15) is 44.2 Å². The molecule has 0 radical (unpaired) electrons. The van der Waals surface area contributed by atoms with Crippen LogP contribution in [0.25, 0.3) is 0 Å². The zero-order chi connectivity index (χ0) is 11.8. The number of aromatic hydroxyl groups is 1. The van der Waals surface area contributed by atoms with Gasteiger partial charge in [-0.1, -0.05) is 57.5 Å². The highest BCUT2D eigenvalue weighted by atomic mass is 79.9. The van der Waals surface area contributed by atoms with E-state index in [0.29, 0.717) is 9.49 Å². The molecule has 0 saturated carbocycles. The molecule has 92 valence electrons. The molecule has 0 bridgehead atoms. The van der Waals surface area contributed by atoms with Gasteiger partial charge >= 0.3 is 0 Å². The molecule has 0 amide bonds. The van der Waals surface area contributed by atoms with E-state index < -0.39 is 0 Å². The zero-order valence-corrected chi connectivity index (χ0v) is 13.2. The van der Waals surface area contributed by atoms with Gasteiger partial charge in [0.05, 0.1) is 14.8 Å². The number of nitrogens with zero attached hydrogens (tertiary/aromatic N) is 1. The fourth-order valence-corrected chi connectivity index (χ4v) is 2.80. The first-order valence-corrected chi connectivity index (χ1v) is 8.27. The lowest BCUT2D eigenvalue weighted by Gasteiger charge is -2.02. The number of hydrogen-bond donors (Lipinski definition) is 1. The minimum atomic E-state index is 0.367. The van der Waals surface area contributed by atoms with Gasteiger partial charge in [0.25, 0.3) is 0 Å². The van der Waals surface area contributed by atoms with E-state index in [1.54, 1.807) is 5.38 Å². The molecular formula is C11H17Br2NOS. The summed E-state index contributed by atoms with van der Waals surface area (Å²) < 4.78 is 4.62. The molecule has 0 fully saturated rings. The molecule has 16 heavy (non-hydrogen) atoms. The van der Waals surface area contributed by atoms with Crippen molar-refractivity contribution in [3.63, 3.8) is 0 Å². The van der Waals surface area contributed by atoms with Gasteiger partial charge < -0.3 is 5.11 Å². The molecule has 0 aliphatic carbocycles. The van der Waals surface area contributed by atoms with E-state index in [-0.39, 0.29) is 0 Å². The summed E-state index contributed by atoms with van der Waals surface area (Å²) in [4.78, 5) is 0. The highest BCUT2D eigenvalue weighted by molar-refractivity contribution is 9.24. The minimum absolute atomic E-state index is 0.367. The maximum absolute atomic E-state index is 9.39. The van der Waals surface area contributed by atoms with Crippen LogP contribution in [0.2, 0.25) is 0 Å². The van der Waals surface area contributed by atoms with Gasteiger partial charge in [-0.05, 0) is 30.8 Å². The highest BCUT2D eigenvalue weighted by Gasteiger charge is 2.03. The van der Waals surface area contributed by atoms with E-state index in [1.807, 2.05) is 0 Å². The van der Waals surface area contributed by atoms with Crippen LogP contribution in [0.15, 0.2) is 5.38 Å². The molecule has 1 aromatic rings. The second-order valence-electron chi connectivity index (χ2n) is 3.84. The zero-order valence-electron chi connectivity index (χ0n) is 9.16. The largest absolute Gasteiger partial charge is 0.505 e. The first-order chi connectivity index (χ1) is 7.70. The fourth-order valence-electron chi connectivity index (χ4n) is 1.55. The Morgan fingerprint density at radius 3 is 2.50 bits per heavy atom. The van der Waals surface area contributed by atoms with Gasteiger partial charge in [0, 0.05) is 0 Å². The van der Waals surface area contributed by atoms with E-state index >= 15 is 0 Å². The molecule has 0 spiro atoms. The second-order valence-corrected chi connectivity index (χ2v) is 7.91. The summed E-state index contributed by atoms with van der Waals surface area (Å²) in [5, 5.41) is 11.1. The molecule has 0 aliphatic heterocycles. The summed E-state index contributed by atoms with van der Waals surface area (Å²) in [5.74, 6) is 0.367. The van der Waals surface area contributed by atoms with E-state index in [9.17, 15) is 5.11 Å². The van der Waals surface area contributed by atoms with Gasteiger partial charge in [-0.3, -0.25) is 0 Å². The lowest BCUT2D eigenvalue weighted by atomic mass is 10.1. The number of halogens is 2. The number of hydrogen-bond acceptors (Lipinski definition) is 3. The Morgan fingerprint density at radius 2 is 1.88 bits per heavy atom. The molecule has 0 aromatic carbocycles. The van der Waals surface area contributed by atoms with E-state index in [1.165, 1.54) is 43.6 Å². The maximum Gasteiger partial charge on any atom is 0.149 e. The van der Waals surface area contributed by atoms with Crippen molar-refractivity contribution < 1.29 is 5.11 Å². The maximum atomic E-state index is 9.39. The van der Waals surface area contributed by atoms with Crippen LogP contribution in [-0.4, -0.2) is 13.2 Å². The van der Waals surface area contributed by atoms with E-state index in [2.05, 4.69) is 36.2 Å². The summed E-state index contributed by atoms with van der Waals surface area (Å²) in [6.45, 7) is 0. The SMILES string of the molecule is Oc1csnc1CCCCCCCC(Br)Br. The summed E-state index contributed by atoms with van der Waals surface area (Å²) in [7, 11) is 0. The topological polar surface area (TPSA) is 33.1 Å². The van der Waals surface area contributed by atoms with Crippen LogP contribution in [0.4, 0.5) is 0 Å². The predicted octanol–water partition coefficient (Wildman–Crippen LogP) is 4.85. The van der Waals surface area contributed by atoms with E-state index in [4.69, 9.17) is 0 Å². The molecule has 0 atom stereocenters. The minimum Gasteiger partial charge on any atom is -0.505 e. The van der Waals surface area contributed by atoms with E-state index in [0.717, 1.165) is 18.5 Å². The third kappa shape index (κ3) is 6.21. The molecule has 2 nitrogen and oxygen atoms in total. The lowest BCUT2D eigenvalue weighted by molar-refractivity contribution is 0.466. The van der Waals surface area contributed by atoms with Crippen molar-refractivity contribution in [3.05, 3.63) is 11.1 Å². The molecule has 1 rings (SSSR count). The van der Waals surface area contributed by atoms with Gasteiger partial charge in [-0.2, -0.15) is 4.37 Å². The van der Waals surface area contributed by atoms with Crippen LogP contribution >= 0.6 is 43.4 Å². The third-order valence-corrected chi connectivity index (χ3v) is 4.03. The Balaban J connectivity index is 1.94. The molecule has 0 aliphatic rings. The van der Waals surface area contributed by atoms with Gasteiger partial charge in [0.1, 0.15) is 5.75 Å². The van der Waals surface area contributed by atoms with Crippen LogP contribution in [0, 0.1) is 0 Å². The predicted molar refractivity (Wildman–Crippen MR) is 76.8 cm³/mol. The fraction of sp³-hybridized carbons (Fsp3) is 0.727. The van der Waals surface area contributed by atoms with Crippen molar-refractivity contribution in [2.24, 2.45) is 0 Å². The first-order valence-electron chi connectivity index (χ1n) is 5.60. The Kier molecular flexibility index (Phi) is 7.66. The molecular weight excluding hydrogens is 354 g/mol. The Morgan fingerprint density at radius 1 is 1.19 bits per heavy atom. The van der Waals surface area contributed by atoms with Crippen molar-refractivity contribution in [2.75, 3.05) is 0 Å². The molecule has 1 N–H and O–H groups in total. The number of aryl methyl sites for hydroxylation is 1. The molecule has 5 heteroatoms. The Hall–Kier alpha value is 0.390. The number of unbranched alkanes of at least 4 members (excludes halogenated alkanes) is 4. The van der Waals surface area contributed by atoms with Gasteiger partial charge in [0.2, 0.25) is 0 Å². The van der Waals surface area contributed by atoms with Crippen LogP contribution in [-0.2, 0) is 6.42 Å². The van der Waals surface area contributed by atoms with Crippen LogP contribution in [0.3, 0.4) is 0 Å². The molecule has 0 unspecified atom stereocenters. The summed E-state index contributed by atoms with van der Waals surface area (Å²) in [6.07, 6.45) is 8.29. The molecule has 1 heterocycles. The van der Waals surface area contributed by atoms with Gasteiger partial charge in [-0.15, -0.1) is 0 Å². The van der Waals surface area contributed by atoms with Crippen molar-refractivity contribution in [2.45, 2.75) is 48.7 Å². The molecule has 0 saturated heterocycles. The van der Waals surface area contributed by atoms with Crippen molar-refractivity contribution >= 4 is 43.4 Å². The summed E-state index contributed by atoms with van der Waals surface area (Å²) >= 11 is 8.28. The first kappa shape index (κ1) is 14.5. The van der Waals surface area contributed by atoms with Crippen molar-refractivity contribution in [1.29, 1.82) is 0 Å². The number of rotatable bonds is 8. The second kappa shape index (κ2) is 8.48. The van der Waals surface area contributed by atoms with Crippen molar-refractivity contribution in [3.8, 4) is 5.75 Å². The Labute approximate surface area is 118 Å². The average molecular weight is 371 g/mol. The average Bonchev–Trinajstić information content (AvgIpc) is 2.62. The number of alkyl halides is 2. The third-order valence-electron chi connectivity index (χ3n) is 2.46. The monoisotopic (exact) mass is 369 g/mol. The number of aromatic nitrogens is 1. The highest BCUT2D eigenvalue weighted by Crippen LogP contribution is 2.21. The standard InChI is InChI=1S/C11H17Br2NOS/c12-11(13)7-5-3-1-2-4-6-9-10(15)8-16-14-9/h8,11,15H,1-7H2. The quantitative estimate of drug-likeness (QED) is 0.524. The Bertz CT molecular complexity index is 291. The summed E-state index contributed by atoms with van der Waals surface area (Å²) in [6, 6.07) is 0. The smallest absolute Gasteiger partial charge is 0.149 e. The summed E-state index contributed by atoms with van der Waals surface area (Å²) in [5.41, 5.74) is 0.867.